The second-order valence-electron chi connectivity index (χ2n) is 5.91. The number of carbonyl (C=O) groups is 3. The highest BCUT2D eigenvalue weighted by Gasteiger charge is 2.15. The summed E-state index contributed by atoms with van der Waals surface area (Å²) in [4.78, 5) is 35.2. The lowest BCUT2D eigenvalue weighted by atomic mass is 10.1. The van der Waals surface area contributed by atoms with E-state index in [-0.39, 0.29) is 23.6 Å². The molecule has 0 aliphatic rings. The van der Waals surface area contributed by atoms with Gasteiger partial charge in [0, 0.05) is 17.1 Å². The molecule has 0 aromatic heterocycles. The standard InChI is InChI=1S/C19H19ClN2O6S/c1-13(23)16-4-2-3-5-17(16)22-18(24)12-28-19(25)10-11-21-29(26,27)15-8-6-14(20)7-9-15/h2-9,21H,10-12H2,1H3,(H,22,24). The van der Waals surface area contributed by atoms with Gasteiger partial charge in [-0.15, -0.1) is 0 Å². The van der Waals surface area contributed by atoms with Gasteiger partial charge >= 0.3 is 5.97 Å². The van der Waals surface area contributed by atoms with E-state index in [1.165, 1.54) is 31.2 Å². The fourth-order valence-electron chi connectivity index (χ4n) is 2.29. The number of Topliss-reactive ketones (excluding diaryl/α,β-unsaturated/α-hetero) is 1. The van der Waals surface area contributed by atoms with Crippen LogP contribution in [0.1, 0.15) is 23.7 Å². The van der Waals surface area contributed by atoms with E-state index in [1.54, 1.807) is 24.3 Å². The van der Waals surface area contributed by atoms with Crippen LogP contribution in [-0.4, -0.2) is 39.2 Å². The predicted octanol–water partition coefficient (Wildman–Crippen LogP) is 2.39. The Kier molecular flexibility index (Phi) is 7.89. The van der Waals surface area contributed by atoms with E-state index < -0.39 is 28.5 Å². The molecule has 154 valence electrons. The van der Waals surface area contributed by atoms with Crippen LogP contribution in [0.25, 0.3) is 0 Å². The van der Waals surface area contributed by atoms with Gasteiger partial charge in [0.25, 0.3) is 5.91 Å². The fourth-order valence-corrected chi connectivity index (χ4v) is 3.45. The number of halogens is 1. The Morgan fingerprint density at radius 1 is 1.03 bits per heavy atom. The number of anilines is 1. The monoisotopic (exact) mass is 438 g/mol. The number of carbonyl (C=O) groups excluding carboxylic acids is 3. The minimum absolute atomic E-state index is 0.0128. The van der Waals surface area contributed by atoms with E-state index in [2.05, 4.69) is 10.0 Å². The number of para-hydroxylation sites is 1. The molecule has 2 aromatic carbocycles. The molecule has 0 aliphatic carbocycles. The minimum atomic E-state index is -3.79. The SMILES string of the molecule is CC(=O)c1ccccc1NC(=O)COC(=O)CCNS(=O)(=O)c1ccc(Cl)cc1. The normalized spacial score (nSPS) is 11.0. The highest BCUT2D eigenvalue weighted by atomic mass is 35.5. The Morgan fingerprint density at radius 3 is 2.34 bits per heavy atom. The molecule has 0 atom stereocenters. The van der Waals surface area contributed by atoms with Gasteiger partial charge in [-0.3, -0.25) is 14.4 Å². The third kappa shape index (κ3) is 6.97. The number of hydrogen-bond donors (Lipinski definition) is 2. The Bertz CT molecular complexity index is 1010. The van der Waals surface area contributed by atoms with Crippen molar-refractivity contribution in [3.05, 3.63) is 59.1 Å². The summed E-state index contributed by atoms with van der Waals surface area (Å²) in [6, 6.07) is 12.0. The molecule has 0 fully saturated rings. The number of benzene rings is 2. The van der Waals surface area contributed by atoms with Gasteiger partial charge in [-0.2, -0.15) is 0 Å². The summed E-state index contributed by atoms with van der Waals surface area (Å²) in [6.45, 7) is 0.615. The van der Waals surface area contributed by atoms with Crippen molar-refractivity contribution in [1.29, 1.82) is 0 Å². The van der Waals surface area contributed by atoms with Gasteiger partial charge in [-0.1, -0.05) is 23.7 Å². The van der Waals surface area contributed by atoms with Crippen LogP contribution < -0.4 is 10.0 Å². The van der Waals surface area contributed by atoms with Crippen LogP contribution in [0.3, 0.4) is 0 Å². The summed E-state index contributed by atoms with van der Waals surface area (Å²) in [7, 11) is -3.79. The first-order chi connectivity index (χ1) is 13.7. The number of nitrogens with one attached hydrogen (secondary N) is 2. The number of rotatable bonds is 9. The van der Waals surface area contributed by atoms with E-state index in [0.29, 0.717) is 16.3 Å². The lowest BCUT2D eigenvalue weighted by molar-refractivity contribution is -0.147. The van der Waals surface area contributed by atoms with E-state index in [9.17, 15) is 22.8 Å². The highest BCUT2D eigenvalue weighted by molar-refractivity contribution is 7.89. The molecule has 2 rings (SSSR count). The lowest BCUT2D eigenvalue weighted by Crippen LogP contribution is -2.28. The van der Waals surface area contributed by atoms with Crippen LogP contribution in [0, 0.1) is 0 Å². The third-order valence-electron chi connectivity index (χ3n) is 3.69. The molecule has 8 nitrogen and oxygen atoms in total. The van der Waals surface area contributed by atoms with Gasteiger partial charge in [0.1, 0.15) is 0 Å². The van der Waals surface area contributed by atoms with E-state index in [1.807, 2.05) is 0 Å². The molecule has 0 unspecified atom stereocenters. The summed E-state index contributed by atoms with van der Waals surface area (Å²) in [6.07, 6.45) is -0.260. The number of ether oxygens (including phenoxy) is 1. The first kappa shape index (κ1) is 22.5. The van der Waals surface area contributed by atoms with Crippen LogP contribution in [0.2, 0.25) is 5.02 Å². The zero-order valence-electron chi connectivity index (χ0n) is 15.5. The Balaban J connectivity index is 1.78. The smallest absolute Gasteiger partial charge is 0.307 e. The maximum absolute atomic E-state index is 12.1. The van der Waals surface area contributed by atoms with Crippen molar-refractivity contribution in [2.24, 2.45) is 0 Å². The van der Waals surface area contributed by atoms with E-state index >= 15 is 0 Å². The molecule has 0 saturated carbocycles. The van der Waals surface area contributed by atoms with Crippen molar-refractivity contribution in [1.82, 2.24) is 4.72 Å². The average molecular weight is 439 g/mol. The Labute approximate surface area is 173 Å². The molecule has 10 heteroatoms. The molecule has 1 amide bonds. The van der Waals surface area contributed by atoms with Crippen LogP contribution in [0.5, 0.6) is 0 Å². The van der Waals surface area contributed by atoms with Gasteiger partial charge in [-0.25, -0.2) is 13.1 Å². The van der Waals surface area contributed by atoms with Crippen LogP contribution >= 0.6 is 11.6 Å². The van der Waals surface area contributed by atoms with Crippen molar-refractivity contribution in [3.63, 3.8) is 0 Å². The Hall–Kier alpha value is -2.75. The van der Waals surface area contributed by atoms with Crippen LogP contribution in [0.4, 0.5) is 5.69 Å². The van der Waals surface area contributed by atoms with Gasteiger partial charge in [0.2, 0.25) is 10.0 Å². The number of sulfonamides is 1. The maximum atomic E-state index is 12.1. The molecule has 2 aromatic rings. The minimum Gasteiger partial charge on any atom is -0.456 e. The first-order valence-corrected chi connectivity index (χ1v) is 10.4. The quantitative estimate of drug-likeness (QED) is 0.458. The molecule has 0 saturated heterocycles. The molecule has 2 N–H and O–H groups in total. The summed E-state index contributed by atoms with van der Waals surface area (Å²) in [5.74, 6) is -1.58. The van der Waals surface area contributed by atoms with Crippen molar-refractivity contribution in [2.75, 3.05) is 18.5 Å². The zero-order chi connectivity index (χ0) is 21.4. The molecule has 0 radical (unpaired) electrons. The van der Waals surface area contributed by atoms with E-state index in [0.717, 1.165) is 0 Å². The summed E-state index contributed by atoms with van der Waals surface area (Å²) < 4.78 is 31.3. The summed E-state index contributed by atoms with van der Waals surface area (Å²) in [5.41, 5.74) is 0.653. The molecule has 0 bridgehead atoms. The summed E-state index contributed by atoms with van der Waals surface area (Å²) >= 11 is 5.72. The van der Waals surface area contributed by atoms with E-state index in [4.69, 9.17) is 16.3 Å². The largest absolute Gasteiger partial charge is 0.456 e. The van der Waals surface area contributed by atoms with Gasteiger partial charge in [0.05, 0.1) is 17.0 Å². The topological polar surface area (TPSA) is 119 Å². The predicted molar refractivity (Wildman–Crippen MR) is 107 cm³/mol. The lowest BCUT2D eigenvalue weighted by Gasteiger charge is -2.10. The number of hydrogen-bond acceptors (Lipinski definition) is 6. The molecular weight excluding hydrogens is 420 g/mol. The van der Waals surface area contributed by atoms with Crippen molar-refractivity contribution >= 4 is 45.0 Å². The number of ketones is 1. The molecule has 0 heterocycles. The summed E-state index contributed by atoms with van der Waals surface area (Å²) in [5, 5.41) is 2.89. The number of esters is 1. The average Bonchev–Trinajstić information content (AvgIpc) is 2.67. The molecular formula is C19H19ClN2O6S. The van der Waals surface area contributed by atoms with Crippen molar-refractivity contribution < 1.29 is 27.5 Å². The maximum Gasteiger partial charge on any atom is 0.307 e. The Morgan fingerprint density at radius 2 is 1.69 bits per heavy atom. The molecule has 0 aliphatic heterocycles. The fraction of sp³-hybridized carbons (Fsp3) is 0.211. The van der Waals surface area contributed by atoms with Gasteiger partial charge in [0.15, 0.2) is 12.4 Å². The molecule has 0 spiro atoms. The van der Waals surface area contributed by atoms with Crippen molar-refractivity contribution in [2.45, 2.75) is 18.2 Å². The molecule has 29 heavy (non-hydrogen) atoms. The third-order valence-corrected chi connectivity index (χ3v) is 5.42. The van der Waals surface area contributed by atoms with Gasteiger partial charge < -0.3 is 10.1 Å². The van der Waals surface area contributed by atoms with Crippen molar-refractivity contribution in [3.8, 4) is 0 Å². The van der Waals surface area contributed by atoms with Crippen LogP contribution in [-0.2, 0) is 24.3 Å². The van der Waals surface area contributed by atoms with Crippen LogP contribution in [0.15, 0.2) is 53.4 Å². The first-order valence-electron chi connectivity index (χ1n) is 8.50. The van der Waals surface area contributed by atoms with Gasteiger partial charge in [-0.05, 0) is 43.3 Å². The second-order valence-corrected chi connectivity index (χ2v) is 8.12. The number of amides is 1. The zero-order valence-corrected chi connectivity index (χ0v) is 17.0. The second kappa shape index (κ2) is 10.1. The highest BCUT2D eigenvalue weighted by Crippen LogP contribution is 2.15.